The molecule has 0 aliphatic rings. The first-order valence-corrected chi connectivity index (χ1v) is 6.63. The minimum absolute atomic E-state index is 0.634. The molecule has 9 heavy (non-hydrogen) atoms. The zero-order valence-electron chi connectivity index (χ0n) is 6.25. The molecule has 4 heteroatoms. The zero-order valence-corrected chi connectivity index (χ0v) is 8.70. The monoisotopic (exact) mass is 183 g/mol. The molecule has 1 nitrogen and oxygen atoms in total. The van der Waals surface area contributed by atoms with E-state index in [4.69, 9.17) is 0 Å². The van der Waals surface area contributed by atoms with Gasteiger partial charge in [-0.05, 0) is 37.0 Å². The molecule has 0 aromatic heterocycles. The van der Waals surface area contributed by atoms with Gasteiger partial charge in [-0.1, -0.05) is 10.8 Å². The second kappa shape index (κ2) is 5.77. The van der Waals surface area contributed by atoms with Gasteiger partial charge < -0.3 is 0 Å². The SMILES string of the molecule is CSSSN(C)C(C)C. The molecule has 0 unspecified atom stereocenters. The quantitative estimate of drug-likeness (QED) is 0.487. The van der Waals surface area contributed by atoms with Crippen molar-refractivity contribution < 1.29 is 0 Å². The average Bonchev–Trinajstić information content (AvgIpc) is 1.82. The van der Waals surface area contributed by atoms with E-state index in [1.165, 1.54) is 0 Å². The van der Waals surface area contributed by atoms with Gasteiger partial charge in [0.2, 0.25) is 0 Å². The lowest BCUT2D eigenvalue weighted by atomic mass is 10.4. The summed E-state index contributed by atoms with van der Waals surface area (Å²) in [5.74, 6) is 0. The van der Waals surface area contributed by atoms with Crippen LogP contribution < -0.4 is 0 Å². The minimum Gasteiger partial charge on any atom is -0.241 e. The van der Waals surface area contributed by atoms with E-state index in [0.717, 1.165) is 0 Å². The van der Waals surface area contributed by atoms with Crippen LogP contribution in [0.3, 0.4) is 0 Å². The molecule has 0 aliphatic heterocycles. The summed E-state index contributed by atoms with van der Waals surface area (Å²) in [7, 11) is 7.50. The third-order valence-electron chi connectivity index (χ3n) is 0.943. The summed E-state index contributed by atoms with van der Waals surface area (Å²) >= 11 is 0. The highest BCUT2D eigenvalue weighted by Crippen LogP contribution is 2.34. The first-order chi connectivity index (χ1) is 4.18. The van der Waals surface area contributed by atoms with Gasteiger partial charge >= 0.3 is 0 Å². The number of nitrogens with zero attached hydrogens (tertiary/aromatic N) is 1. The van der Waals surface area contributed by atoms with Crippen molar-refractivity contribution in [2.24, 2.45) is 0 Å². The molecule has 56 valence electrons. The van der Waals surface area contributed by atoms with E-state index in [2.05, 4.69) is 31.5 Å². The summed E-state index contributed by atoms with van der Waals surface area (Å²) in [5.41, 5.74) is 0. The van der Waals surface area contributed by atoms with Gasteiger partial charge in [0.1, 0.15) is 0 Å². The van der Waals surface area contributed by atoms with E-state index < -0.39 is 0 Å². The summed E-state index contributed by atoms with van der Waals surface area (Å²) in [5, 5.41) is 0. The van der Waals surface area contributed by atoms with E-state index in [1.54, 1.807) is 31.6 Å². The normalized spacial score (nSPS) is 11.3. The zero-order chi connectivity index (χ0) is 7.28. The first kappa shape index (κ1) is 10.0. The third-order valence-corrected chi connectivity index (χ3v) is 4.87. The first-order valence-electron chi connectivity index (χ1n) is 2.78. The van der Waals surface area contributed by atoms with E-state index >= 15 is 0 Å². The molecule has 0 radical (unpaired) electrons. The Labute approximate surface area is 69.3 Å². The van der Waals surface area contributed by atoms with Crippen LogP contribution >= 0.6 is 31.6 Å². The smallest absolute Gasteiger partial charge is 0.0151 e. The molecule has 0 bridgehead atoms. The molecular weight excluding hydrogens is 170 g/mol. The van der Waals surface area contributed by atoms with Crippen LogP contribution in [0.4, 0.5) is 0 Å². The molecular formula is C5H13NS3. The predicted molar refractivity (Wildman–Crippen MR) is 51.6 cm³/mol. The lowest BCUT2D eigenvalue weighted by Gasteiger charge is -2.17. The van der Waals surface area contributed by atoms with Gasteiger partial charge in [-0.2, -0.15) is 0 Å². The molecule has 0 saturated heterocycles. The van der Waals surface area contributed by atoms with Crippen LogP contribution in [-0.4, -0.2) is 23.7 Å². The molecule has 0 fully saturated rings. The fourth-order valence-corrected chi connectivity index (χ4v) is 2.89. The highest BCUT2D eigenvalue weighted by molar-refractivity contribution is 9.08. The van der Waals surface area contributed by atoms with Gasteiger partial charge in [0, 0.05) is 17.0 Å². The van der Waals surface area contributed by atoms with Gasteiger partial charge in [0.25, 0.3) is 0 Å². The molecule has 0 aromatic carbocycles. The Morgan fingerprint density at radius 2 is 1.89 bits per heavy atom. The lowest BCUT2D eigenvalue weighted by Crippen LogP contribution is -2.16. The number of hydrogen-bond acceptors (Lipinski definition) is 4. The molecule has 0 saturated carbocycles. The summed E-state index contributed by atoms with van der Waals surface area (Å²) in [6.45, 7) is 4.38. The highest BCUT2D eigenvalue weighted by atomic mass is 33.5. The van der Waals surface area contributed by atoms with Crippen LogP contribution in [0.5, 0.6) is 0 Å². The highest BCUT2D eigenvalue weighted by Gasteiger charge is 2.01. The lowest BCUT2D eigenvalue weighted by molar-refractivity contribution is 0.473. The Hall–Kier alpha value is 1.01. The fourth-order valence-electron chi connectivity index (χ4n) is 0.164. The van der Waals surface area contributed by atoms with Gasteiger partial charge in [-0.3, -0.25) is 0 Å². The molecule has 0 spiro atoms. The summed E-state index contributed by atoms with van der Waals surface area (Å²) < 4.78 is 2.24. The van der Waals surface area contributed by atoms with Gasteiger partial charge in [0.05, 0.1) is 0 Å². The number of rotatable bonds is 4. The fraction of sp³-hybridized carbons (Fsp3) is 1.00. The van der Waals surface area contributed by atoms with E-state index in [-0.39, 0.29) is 0 Å². The Morgan fingerprint density at radius 3 is 2.22 bits per heavy atom. The maximum Gasteiger partial charge on any atom is 0.0151 e. The second-order valence-electron chi connectivity index (χ2n) is 1.95. The van der Waals surface area contributed by atoms with Gasteiger partial charge in [-0.15, -0.1) is 0 Å². The summed E-state index contributed by atoms with van der Waals surface area (Å²) in [6, 6.07) is 0.634. The molecule has 0 aromatic rings. The maximum atomic E-state index is 2.24. The van der Waals surface area contributed by atoms with Gasteiger partial charge in [-0.25, -0.2) is 4.31 Å². The van der Waals surface area contributed by atoms with E-state index in [1.807, 2.05) is 0 Å². The van der Waals surface area contributed by atoms with Crippen molar-refractivity contribution in [3.8, 4) is 0 Å². The van der Waals surface area contributed by atoms with Crippen molar-refractivity contribution in [3.05, 3.63) is 0 Å². The van der Waals surface area contributed by atoms with Crippen LogP contribution in [0.1, 0.15) is 13.8 Å². The molecule has 0 aliphatic carbocycles. The molecule has 0 amide bonds. The third kappa shape index (κ3) is 5.45. The van der Waals surface area contributed by atoms with Crippen LogP contribution in [-0.2, 0) is 0 Å². The topological polar surface area (TPSA) is 3.24 Å². The van der Waals surface area contributed by atoms with E-state index in [9.17, 15) is 0 Å². The second-order valence-corrected chi connectivity index (χ2v) is 6.22. The maximum absolute atomic E-state index is 2.24. The van der Waals surface area contributed by atoms with Crippen molar-refractivity contribution in [2.45, 2.75) is 19.9 Å². The van der Waals surface area contributed by atoms with Crippen molar-refractivity contribution in [2.75, 3.05) is 13.3 Å². The van der Waals surface area contributed by atoms with Crippen LogP contribution in [0.25, 0.3) is 0 Å². The number of hydrogen-bond donors (Lipinski definition) is 0. The van der Waals surface area contributed by atoms with Crippen molar-refractivity contribution in [3.63, 3.8) is 0 Å². The average molecular weight is 183 g/mol. The Balaban J connectivity index is 3.16. The molecule has 0 rings (SSSR count). The summed E-state index contributed by atoms with van der Waals surface area (Å²) in [4.78, 5) is 0. The van der Waals surface area contributed by atoms with Crippen LogP contribution in [0.15, 0.2) is 0 Å². The Bertz CT molecular complexity index is 67.2. The van der Waals surface area contributed by atoms with Crippen LogP contribution in [0.2, 0.25) is 0 Å². The molecule has 0 atom stereocenters. The summed E-state index contributed by atoms with van der Waals surface area (Å²) in [6.07, 6.45) is 2.09. The van der Waals surface area contributed by atoms with Crippen molar-refractivity contribution in [1.29, 1.82) is 0 Å². The van der Waals surface area contributed by atoms with E-state index in [0.29, 0.717) is 6.04 Å². The Kier molecular flexibility index (Phi) is 6.42. The minimum atomic E-state index is 0.634. The molecule has 0 N–H and O–H groups in total. The largest absolute Gasteiger partial charge is 0.241 e. The van der Waals surface area contributed by atoms with Crippen molar-refractivity contribution >= 4 is 31.6 Å². The van der Waals surface area contributed by atoms with Gasteiger partial charge in [0.15, 0.2) is 0 Å². The molecule has 0 heterocycles. The van der Waals surface area contributed by atoms with Crippen LogP contribution in [0, 0.1) is 0 Å². The predicted octanol–water partition coefficient (Wildman–Crippen LogP) is 2.90. The Morgan fingerprint density at radius 1 is 1.33 bits per heavy atom. The van der Waals surface area contributed by atoms with Crippen molar-refractivity contribution in [1.82, 2.24) is 4.31 Å². The standard InChI is InChI=1S/C5H13NS3/c1-5(2)6(3)8-9-7-4/h5H,1-4H3.